The number of carbonyl (C=O) groups excluding carboxylic acids is 1. The van der Waals surface area contributed by atoms with Crippen LogP contribution in [0.25, 0.3) is 10.9 Å². The molecule has 7 heteroatoms. The molecule has 0 aliphatic heterocycles. The standard InChI is InChI=1S/C27H37N3O4/c1-5-33-25-13-18(2)7-8-24(25)34-12-9-29-19(3)14-21-16-22-15-20(4)30(10-6-11-31)26(22)23(17-21)27(28)32/h7-8,13,15-17,19,29,31H,5-6,9-12,14H2,1-4H3,(H2,28,32). The van der Waals surface area contributed by atoms with Gasteiger partial charge in [-0.2, -0.15) is 0 Å². The van der Waals surface area contributed by atoms with Crippen LogP contribution >= 0.6 is 0 Å². The van der Waals surface area contributed by atoms with E-state index >= 15 is 0 Å². The zero-order valence-corrected chi connectivity index (χ0v) is 20.7. The van der Waals surface area contributed by atoms with Gasteiger partial charge in [-0.1, -0.05) is 6.07 Å². The average Bonchev–Trinajstić information content (AvgIpc) is 3.10. The van der Waals surface area contributed by atoms with Crippen molar-refractivity contribution >= 4 is 16.8 Å². The highest BCUT2D eigenvalue weighted by atomic mass is 16.5. The van der Waals surface area contributed by atoms with Crippen molar-refractivity contribution in [1.82, 2.24) is 9.88 Å². The minimum Gasteiger partial charge on any atom is -0.490 e. The van der Waals surface area contributed by atoms with Gasteiger partial charge in [0, 0.05) is 36.8 Å². The smallest absolute Gasteiger partial charge is 0.250 e. The Labute approximate surface area is 201 Å². The Kier molecular flexibility index (Phi) is 8.96. The molecule has 0 aliphatic carbocycles. The predicted octanol–water partition coefficient (Wildman–Crippen LogP) is 3.74. The Bertz CT molecular complexity index is 1120. The maximum atomic E-state index is 12.2. The molecule has 0 saturated carbocycles. The van der Waals surface area contributed by atoms with Crippen molar-refractivity contribution in [1.29, 1.82) is 0 Å². The lowest BCUT2D eigenvalue weighted by Crippen LogP contribution is -2.32. The number of aliphatic hydroxyl groups is 1. The van der Waals surface area contributed by atoms with Gasteiger partial charge in [-0.05, 0) is 82.0 Å². The number of hydrogen-bond donors (Lipinski definition) is 3. The van der Waals surface area contributed by atoms with Gasteiger partial charge in [0.05, 0.1) is 17.7 Å². The first-order valence-electron chi connectivity index (χ1n) is 12.0. The van der Waals surface area contributed by atoms with Crippen LogP contribution in [-0.2, 0) is 13.0 Å². The number of benzene rings is 2. The molecule has 3 rings (SSSR count). The Morgan fingerprint density at radius 3 is 2.65 bits per heavy atom. The number of aliphatic hydroxyl groups excluding tert-OH is 1. The molecular weight excluding hydrogens is 430 g/mol. The fraction of sp³-hybridized carbons (Fsp3) is 0.444. The van der Waals surface area contributed by atoms with Crippen LogP contribution in [0.15, 0.2) is 36.4 Å². The van der Waals surface area contributed by atoms with E-state index in [-0.39, 0.29) is 12.6 Å². The highest BCUT2D eigenvalue weighted by molar-refractivity contribution is 6.05. The minimum absolute atomic E-state index is 0.104. The van der Waals surface area contributed by atoms with Gasteiger partial charge in [0.2, 0.25) is 0 Å². The summed E-state index contributed by atoms with van der Waals surface area (Å²) in [6.07, 6.45) is 1.38. The second-order valence-electron chi connectivity index (χ2n) is 8.75. The largest absolute Gasteiger partial charge is 0.490 e. The fourth-order valence-electron chi connectivity index (χ4n) is 4.33. The van der Waals surface area contributed by atoms with Gasteiger partial charge in [-0.3, -0.25) is 4.79 Å². The summed E-state index contributed by atoms with van der Waals surface area (Å²) in [6, 6.07) is 12.2. The molecule has 0 saturated heterocycles. The second-order valence-corrected chi connectivity index (χ2v) is 8.75. The number of hydrogen-bond acceptors (Lipinski definition) is 5. The average molecular weight is 468 g/mol. The fourth-order valence-corrected chi connectivity index (χ4v) is 4.33. The third-order valence-electron chi connectivity index (χ3n) is 5.86. The Morgan fingerprint density at radius 1 is 1.15 bits per heavy atom. The molecule has 2 aromatic carbocycles. The molecule has 1 aromatic heterocycles. The molecule has 0 spiro atoms. The minimum atomic E-state index is -0.438. The molecule has 1 amide bonds. The van der Waals surface area contributed by atoms with Crippen LogP contribution in [0, 0.1) is 13.8 Å². The van der Waals surface area contributed by atoms with Crippen LogP contribution < -0.4 is 20.5 Å². The van der Waals surface area contributed by atoms with Crippen molar-refractivity contribution in [2.24, 2.45) is 5.73 Å². The summed E-state index contributed by atoms with van der Waals surface area (Å²) < 4.78 is 13.7. The van der Waals surface area contributed by atoms with Crippen LogP contribution in [0.2, 0.25) is 0 Å². The van der Waals surface area contributed by atoms with Crippen molar-refractivity contribution in [3.63, 3.8) is 0 Å². The van der Waals surface area contributed by atoms with Crippen molar-refractivity contribution in [3.05, 3.63) is 58.8 Å². The van der Waals surface area contributed by atoms with E-state index in [2.05, 4.69) is 28.9 Å². The van der Waals surface area contributed by atoms with Crippen molar-refractivity contribution in [2.45, 2.75) is 53.1 Å². The van der Waals surface area contributed by atoms with Crippen LogP contribution in [0.4, 0.5) is 0 Å². The van der Waals surface area contributed by atoms with E-state index in [1.165, 1.54) is 0 Å². The predicted molar refractivity (Wildman–Crippen MR) is 136 cm³/mol. The maximum Gasteiger partial charge on any atom is 0.250 e. The number of ether oxygens (including phenoxy) is 2. The number of rotatable bonds is 13. The first-order chi connectivity index (χ1) is 16.3. The first kappa shape index (κ1) is 25.6. The molecule has 184 valence electrons. The van der Waals surface area contributed by atoms with E-state index < -0.39 is 5.91 Å². The topological polar surface area (TPSA) is 98.7 Å². The molecule has 0 radical (unpaired) electrons. The lowest BCUT2D eigenvalue weighted by Gasteiger charge is -2.17. The van der Waals surface area contributed by atoms with Crippen LogP contribution in [0.3, 0.4) is 0 Å². The Hall–Kier alpha value is -3.03. The highest BCUT2D eigenvalue weighted by Gasteiger charge is 2.16. The number of fused-ring (bicyclic) bond motifs is 1. The number of aromatic nitrogens is 1. The summed E-state index contributed by atoms with van der Waals surface area (Å²) in [5, 5.41) is 13.7. The van der Waals surface area contributed by atoms with E-state index in [0.29, 0.717) is 38.3 Å². The molecular formula is C27H37N3O4. The van der Waals surface area contributed by atoms with Gasteiger partial charge in [0.15, 0.2) is 11.5 Å². The van der Waals surface area contributed by atoms with E-state index in [9.17, 15) is 9.90 Å². The number of nitrogens with two attached hydrogens (primary N) is 1. The summed E-state index contributed by atoms with van der Waals surface area (Å²) >= 11 is 0. The molecule has 0 bridgehead atoms. The van der Waals surface area contributed by atoms with E-state index in [1.54, 1.807) is 0 Å². The van der Waals surface area contributed by atoms with Crippen LogP contribution in [-0.4, -0.2) is 48.0 Å². The first-order valence-corrected chi connectivity index (χ1v) is 12.0. The lowest BCUT2D eigenvalue weighted by molar-refractivity contribution is 0.100. The van der Waals surface area contributed by atoms with E-state index in [0.717, 1.165) is 45.6 Å². The third kappa shape index (κ3) is 6.30. The molecule has 1 unspecified atom stereocenters. The normalized spacial score (nSPS) is 12.1. The van der Waals surface area contributed by atoms with Crippen molar-refractivity contribution in [3.8, 4) is 11.5 Å². The number of amides is 1. The molecule has 0 aliphatic rings. The summed E-state index contributed by atoms with van der Waals surface area (Å²) in [4.78, 5) is 12.2. The van der Waals surface area contributed by atoms with Crippen LogP contribution in [0.5, 0.6) is 11.5 Å². The van der Waals surface area contributed by atoms with Gasteiger partial charge >= 0.3 is 0 Å². The number of carbonyl (C=O) groups is 1. The summed E-state index contributed by atoms with van der Waals surface area (Å²) in [7, 11) is 0. The summed E-state index contributed by atoms with van der Waals surface area (Å²) in [6.45, 7) is 10.7. The van der Waals surface area contributed by atoms with Gasteiger partial charge in [-0.25, -0.2) is 0 Å². The van der Waals surface area contributed by atoms with E-state index in [1.807, 2.05) is 45.0 Å². The molecule has 4 N–H and O–H groups in total. The summed E-state index contributed by atoms with van der Waals surface area (Å²) in [5.41, 5.74) is 10.3. The zero-order chi connectivity index (χ0) is 24.7. The molecule has 1 atom stereocenters. The van der Waals surface area contributed by atoms with Crippen molar-refractivity contribution < 1.29 is 19.4 Å². The summed E-state index contributed by atoms with van der Waals surface area (Å²) in [5.74, 6) is 1.08. The van der Waals surface area contributed by atoms with Gasteiger partial charge in [0.25, 0.3) is 5.91 Å². The molecule has 34 heavy (non-hydrogen) atoms. The second kappa shape index (κ2) is 11.9. The number of nitrogens with one attached hydrogen (secondary N) is 1. The molecule has 1 heterocycles. The highest BCUT2D eigenvalue weighted by Crippen LogP contribution is 2.28. The molecule has 3 aromatic rings. The van der Waals surface area contributed by atoms with Gasteiger partial charge in [-0.15, -0.1) is 0 Å². The van der Waals surface area contributed by atoms with Crippen molar-refractivity contribution in [2.75, 3.05) is 26.4 Å². The molecule has 0 fully saturated rings. The zero-order valence-electron chi connectivity index (χ0n) is 20.7. The monoisotopic (exact) mass is 467 g/mol. The SMILES string of the molecule is CCOc1cc(C)ccc1OCCNC(C)Cc1cc(C(N)=O)c2c(c1)cc(C)n2CCCO. The number of primary amides is 1. The van der Waals surface area contributed by atoms with E-state index in [4.69, 9.17) is 15.2 Å². The molecule has 7 nitrogen and oxygen atoms in total. The quantitative estimate of drug-likeness (QED) is 0.333. The Morgan fingerprint density at radius 2 is 1.94 bits per heavy atom. The lowest BCUT2D eigenvalue weighted by atomic mass is 10.0. The Balaban J connectivity index is 1.63. The van der Waals surface area contributed by atoms with Gasteiger partial charge < -0.3 is 30.2 Å². The maximum absolute atomic E-state index is 12.2. The number of nitrogens with zero attached hydrogens (tertiary/aromatic N) is 1. The number of aryl methyl sites for hydroxylation is 3. The van der Waals surface area contributed by atoms with Gasteiger partial charge in [0.1, 0.15) is 6.61 Å². The van der Waals surface area contributed by atoms with Crippen LogP contribution in [0.1, 0.15) is 47.4 Å². The third-order valence-corrected chi connectivity index (χ3v) is 5.86.